The van der Waals surface area contributed by atoms with Crippen LogP contribution in [0.25, 0.3) is 0 Å². The third-order valence-corrected chi connectivity index (χ3v) is 6.08. The van der Waals surface area contributed by atoms with Gasteiger partial charge >= 0.3 is 20.2 Å². The SMILES string of the molecule is O=C(O)CCNC(=O)CC(CNC(=O)c1ccc2c(c1)B(O)OC2)NC(=O)c1ccc2c(c1)B(O)OC2. The Morgan fingerprint density at radius 3 is 2.00 bits per heavy atom. The van der Waals surface area contributed by atoms with Gasteiger partial charge in [-0.2, -0.15) is 0 Å². The van der Waals surface area contributed by atoms with Gasteiger partial charge in [0.25, 0.3) is 11.8 Å². The number of nitrogens with one attached hydrogen (secondary N) is 3. The first-order chi connectivity index (χ1) is 17.7. The van der Waals surface area contributed by atoms with Gasteiger partial charge < -0.3 is 40.4 Å². The summed E-state index contributed by atoms with van der Waals surface area (Å²) in [5.41, 5.74) is 3.02. The van der Waals surface area contributed by atoms with Crippen LogP contribution in [0.2, 0.25) is 0 Å². The molecule has 0 radical (unpaired) electrons. The number of amides is 3. The Balaban J connectivity index is 1.42. The van der Waals surface area contributed by atoms with Crippen molar-refractivity contribution in [1.82, 2.24) is 16.0 Å². The average molecular weight is 509 g/mol. The minimum absolute atomic E-state index is 0.0799. The van der Waals surface area contributed by atoms with Gasteiger partial charge in [0.1, 0.15) is 0 Å². The molecule has 0 aromatic heterocycles. The second kappa shape index (κ2) is 11.6. The molecule has 2 aromatic rings. The van der Waals surface area contributed by atoms with Gasteiger partial charge in [0.2, 0.25) is 5.91 Å². The summed E-state index contributed by atoms with van der Waals surface area (Å²) in [6.45, 7) is 0.290. The van der Waals surface area contributed by atoms with Crippen LogP contribution in [0.1, 0.15) is 44.7 Å². The van der Waals surface area contributed by atoms with Crippen molar-refractivity contribution in [2.45, 2.75) is 32.1 Å². The molecule has 192 valence electrons. The Bertz CT molecular complexity index is 1230. The van der Waals surface area contributed by atoms with Crippen LogP contribution in [-0.2, 0) is 32.1 Å². The third-order valence-electron chi connectivity index (χ3n) is 6.08. The molecule has 0 bridgehead atoms. The minimum atomic E-state index is -1.13. The highest BCUT2D eigenvalue weighted by atomic mass is 16.5. The van der Waals surface area contributed by atoms with Crippen LogP contribution in [0, 0.1) is 0 Å². The minimum Gasteiger partial charge on any atom is -0.481 e. The van der Waals surface area contributed by atoms with Crippen LogP contribution in [0.4, 0.5) is 0 Å². The standard InChI is InChI=1S/C23H25B2N3O9/c29-20(26-6-5-21(30)31)9-17(28-23(33)14-2-4-16-12-37-25(35)19(16)8-14)10-27-22(32)13-1-3-15-11-36-24(34)18(15)7-13/h1-4,7-8,17,34-35H,5-6,9-12H2,(H,26,29)(H,27,32)(H,28,33)(H,30,31). The first-order valence-electron chi connectivity index (χ1n) is 11.6. The largest absolute Gasteiger partial charge is 0.491 e. The van der Waals surface area contributed by atoms with E-state index in [0.29, 0.717) is 10.9 Å². The van der Waals surface area contributed by atoms with E-state index in [1.165, 1.54) is 12.1 Å². The number of fused-ring (bicyclic) bond motifs is 2. The Morgan fingerprint density at radius 2 is 1.43 bits per heavy atom. The quantitative estimate of drug-likeness (QED) is 0.191. The number of carbonyl (C=O) groups excluding carboxylic acids is 3. The molecule has 3 amide bonds. The van der Waals surface area contributed by atoms with Gasteiger partial charge in [-0.15, -0.1) is 0 Å². The summed E-state index contributed by atoms with van der Waals surface area (Å²) in [7, 11) is -2.24. The highest BCUT2D eigenvalue weighted by Crippen LogP contribution is 2.13. The van der Waals surface area contributed by atoms with Gasteiger partial charge in [0.05, 0.1) is 25.7 Å². The number of rotatable bonds is 10. The number of carboxylic acids is 1. The number of carboxylic acid groups (broad SMARTS) is 1. The molecule has 0 saturated heterocycles. The second-order valence-corrected chi connectivity index (χ2v) is 8.73. The van der Waals surface area contributed by atoms with Gasteiger partial charge in [-0.3, -0.25) is 19.2 Å². The van der Waals surface area contributed by atoms with E-state index < -0.39 is 44.0 Å². The first kappa shape index (κ1) is 26.4. The van der Waals surface area contributed by atoms with E-state index in [4.69, 9.17) is 14.4 Å². The van der Waals surface area contributed by atoms with Gasteiger partial charge in [-0.1, -0.05) is 12.1 Å². The molecule has 2 heterocycles. The zero-order chi connectivity index (χ0) is 26.5. The highest BCUT2D eigenvalue weighted by molar-refractivity contribution is 6.62. The third kappa shape index (κ3) is 6.54. The molecule has 0 aliphatic carbocycles. The summed E-state index contributed by atoms with van der Waals surface area (Å²) in [6.07, 6.45) is -0.480. The fourth-order valence-corrected chi connectivity index (χ4v) is 4.08. The van der Waals surface area contributed by atoms with E-state index in [1.54, 1.807) is 24.3 Å². The van der Waals surface area contributed by atoms with E-state index in [2.05, 4.69) is 16.0 Å². The maximum absolute atomic E-state index is 12.9. The van der Waals surface area contributed by atoms with Crippen molar-refractivity contribution in [3.63, 3.8) is 0 Å². The zero-order valence-electron chi connectivity index (χ0n) is 19.7. The fraction of sp³-hybridized carbons (Fsp3) is 0.304. The molecular formula is C23H25B2N3O9. The molecule has 12 nitrogen and oxygen atoms in total. The summed E-state index contributed by atoms with van der Waals surface area (Å²) >= 11 is 0. The summed E-state index contributed by atoms with van der Waals surface area (Å²) in [5.74, 6) is -2.58. The molecule has 0 spiro atoms. The van der Waals surface area contributed by atoms with Crippen LogP contribution in [0.5, 0.6) is 0 Å². The zero-order valence-corrected chi connectivity index (χ0v) is 19.7. The average Bonchev–Trinajstić information content (AvgIpc) is 3.43. The van der Waals surface area contributed by atoms with Crippen LogP contribution < -0.4 is 26.9 Å². The Kier molecular flexibility index (Phi) is 8.24. The van der Waals surface area contributed by atoms with Crippen molar-refractivity contribution in [3.8, 4) is 0 Å². The van der Waals surface area contributed by atoms with Crippen molar-refractivity contribution in [3.05, 3.63) is 58.7 Å². The Labute approximate surface area is 212 Å². The molecule has 1 unspecified atom stereocenters. The fourth-order valence-electron chi connectivity index (χ4n) is 4.08. The second-order valence-electron chi connectivity index (χ2n) is 8.73. The molecule has 2 aliphatic heterocycles. The van der Waals surface area contributed by atoms with E-state index in [9.17, 15) is 29.2 Å². The van der Waals surface area contributed by atoms with E-state index >= 15 is 0 Å². The predicted octanol–water partition coefficient (Wildman–Crippen LogP) is -2.37. The van der Waals surface area contributed by atoms with Gasteiger partial charge in [-0.05, 0) is 46.3 Å². The highest BCUT2D eigenvalue weighted by Gasteiger charge is 2.29. The molecule has 14 heteroatoms. The van der Waals surface area contributed by atoms with Crippen LogP contribution >= 0.6 is 0 Å². The smallest absolute Gasteiger partial charge is 0.481 e. The monoisotopic (exact) mass is 509 g/mol. The number of aliphatic carboxylic acids is 1. The molecule has 6 N–H and O–H groups in total. The van der Waals surface area contributed by atoms with E-state index in [1.807, 2.05) is 0 Å². The van der Waals surface area contributed by atoms with Crippen molar-refractivity contribution in [1.29, 1.82) is 0 Å². The summed E-state index contributed by atoms with van der Waals surface area (Å²) < 4.78 is 10.3. The number of hydrogen-bond acceptors (Lipinski definition) is 8. The molecule has 2 aromatic carbocycles. The van der Waals surface area contributed by atoms with Gasteiger partial charge in [0.15, 0.2) is 0 Å². The molecule has 0 saturated carbocycles. The molecule has 37 heavy (non-hydrogen) atoms. The lowest BCUT2D eigenvalue weighted by atomic mass is 9.78. The van der Waals surface area contributed by atoms with Crippen LogP contribution in [-0.4, -0.2) is 72.2 Å². The predicted molar refractivity (Wildman–Crippen MR) is 131 cm³/mol. The number of benzene rings is 2. The number of carbonyl (C=O) groups is 4. The van der Waals surface area contributed by atoms with Gasteiger partial charge in [-0.25, -0.2) is 0 Å². The van der Waals surface area contributed by atoms with Crippen molar-refractivity contribution < 1.29 is 43.6 Å². The maximum Gasteiger partial charge on any atom is 0.491 e. The summed E-state index contributed by atoms with van der Waals surface area (Å²) in [5, 5.41) is 36.4. The lowest BCUT2D eigenvalue weighted by Gasteiger charge is -2.20. The van der Waals surface area contributed by atoms with E-state index in [-0.39, 0.29) is 50.3 Å². The lowest BCUT2D eigenvalue weighted by molar-refractivity contribution is -0.136. The van der Waals surface area contributed by atoms with Crippen molar-refractivity contribution in [2.24, 2.45) is 0 Å². The summed E-state index contributed by atoms with van der Waals surface area (Å²) in [6, 6.07) is 8.69. The topological polar surface area (TPSA) is 184 Å². The lowest BCUT2D eigenvalue weighted by Crippen LogP contribution is -2.46. The molecule has 2 aliphatic rings. The normalized spacial score (nSPS) is 14.5. The van der Waals surface area contributed by atoms with Crippen LogP contribution in [0.3, 0.4) is 0 Å². The number of hydrogen-bond donors (Lipinski definition) is 6. The summed E-state index contributed by atoms with van der Waals surface area (Å²) in [4.78, 5) is 48.8. The Morgan fingerprint density at radius 1 is 0.865 bits per heavy atom. The Hall–Kier alpha value is -3.71. The maximum atomic E-state index is 12.9. The van der Waals surface area contributed by atoms with Crippen molar-refractivity contribution in [2.75, 3.05) is 13.1 Å². The molecular weight excluding hydrogens is 484 g/mol. The molecule has 4 rings (SSSR count). The van der Waals surface area contributed by atoms with E-state index in [0.717, 1.165) is 11.1 Å². The molecule has 1 atom stereocenters. The van der Waals surface area contributed by atoms with Crippen LogP contribution in [0.15, 0.2) is 36.4 Å². The van der Waals surface area contributed by atoms with Crippen molar-refractivity contribution >= 4 is 48.9 Å². The van der Waals surface area contributed by atoms with Gasteiger partial charge in [0, 0.05) is 30.6 Å². The molecule has 0 fully saturated rings. The first-order valence-corrected chi connectivity index (χ1v) is 11.6.